The fraction of sp³-hybridized carbons (Fsp3) is 0.438. The van der Waals surface area contributed by atoms with E-state index in [2.05, 4.69) is 16.4 Å². The molecule has 1 aliphatic carbocycles. The minimum atomic E-state index is 0.270. The lowest BCUT2D eigenvalue weighted by molar-refractivity contribution is 0.253. The molecule has 2 aromatic rings. The van der Waals surface area contributed by atoms with E-state index in [-0.39, 0.29) is 6.61 Å². The molecule has 1 aliphatic rings. The fourth-order valence-electron chi connectivity index (χ4n) is 2.68. The number of rotatable bonds is 6. The van der Waals surface area contributed by atoms with Crippen molar-refractivity contribution in [3.05, 3.63) is 30.5 Å². The molecule has 106 valence electrons. The van der Waals surface area contributed by atoms with Crippen LogP contribution in [0.5, 0.6) is 5.75 Å². The molecule has 0 bridgehead atoms. The lowest BCUT2D eigenvalue weighted by Gasteiger charge is -2.17. The van der Waals surface area contributed by atoms with E-state index < -0.39 is 0 Å². The van der Waals surface area contributed by atoms with Crippen molar-refractivity contribution < 1.29 is 9.84 Å². The Morgan fingerprint density at radius 2 is 2.20 bits per heavy atom. The molecule has 20 heavy (non-hydrogen) atoms. The van der Waals surface area contributed by atoms with Gasteiger partial charge in [0.15, 0.2) is 0 Å². The highest BCUT2D eigenvalue weighted by Gasteiger charge is 2.41. The predicted molar refractivity (Wildman–Crippen MR) is 80.2 cm³/mol. The zero-order chi connectivity index (χ0) is 14.0. The standard InChI is InChI=1S/C16H20N2O2/c1-20-14-4-2-3-12-13(5-9-17-15(12)14)18-11-16(6-7-16)8-10-19/h2-5,9,19H,6-8,10-11H2,1H3,(H,17,18). The third-order valence-electron chi connectivity index (χ3n) is 4.21. The number of aliphatic hydroxyl groups is 1. The summed E-state index contributed by atoms with van der Waals surface area (Å²) in [4.78, 5) is 4.40. The molecule has 2 N–H and O–H groups in total. The monoisotopic (exact) mass is 272 g/mol. The van der Waals surface area contributed by atoms with Crippen molar-refractivity contribution in [2.45, 2.75) is 19.3 Å². The first-order valence-corrected chi connectivity index (χ1v) is 7.04. The summed E-state index contributed by atoms with van der Waals surface area (Å²) >= 11 is 0. The average Bonchev–Trinajstić information content (AvgIpc) is 3.25. The molecule has 1 aromatic heterocycles. The van der Waals surface area contributed by atoms with Gasteiger partial charge in [0, 0.05) is 30.4 Å². The van der Waals surface area contributed by atoms with Crippen LogP contribution in [0.15, 0.2) is 30.5 Å². The van der Waals surface area contributed by atoms with Crippen LogP contribution < -0.4 is 10.1 Å². The molecule has 0 aliphatic heterocycles. The number of ether oxygens (including phenoxy) is 1. The molecule has 3 rings (SSSR count). The van der Waals surface area contributed by atoms with E-state index in [0.717, 1.165) is 35.3 Å². The second-order valence-electron chi connectivity index (χ2n) is 5.54. The van der Waals surface area contributed by atoms with Crippen molar-refractivity contribution in [1.29, 1.82) is 0 Å². The molecular weight excluding hydrogens is 252 g/mol. The predicted octanol–water partition coefficient (Wildman–Crippen LogP) is 2.82. The molecule has 1 aromatic carbocycles. The number of para-hydroxylation sites is 1. The Balaban J connectivity index is 1.85. The van der Waals surface area contributed by atoms with Gasteiger partial charge >= 0.3 is 0 Å². The molecule has 1 saturated carbocycles. The number of hydrogen-bond donors (Lipinski definition) is 2. The van der Waals surface area contributed by atoms with Crippen LogP contribution in [0.1, 0.15) is 19.3 Å². The number of nitrogens with zero attached hydrogens (tertiary/aromatic N) is 1. The van der Waals surface area contributed by atoms with Crippen molar-refractivity contribution in [1.82, 2.24) is 4.98 Å². The van der Waals surface area contributed by atoms with Gasteiger partial charge in [-0.3, -0.25) is 4.98 Å². The van der Waals surface area contributed by atoms with E-state index in [0.29, 0.717) is 5.41 Å². The molecule has 0 amide bonds. The van der Waals surface area contributed by atoms with Crippen molar-refractivity contribution in [2.24, 2.45) is 5.41 Å². The smallest absolute Gasteiger partial charge is 0.145 e. The van der Waals surface area contributed by atoms with Gasteiger partial charge in [-0.25, -0.2) is 0 Å². The van der Waals surface area contributed by atoms with Gasteiger partial charge in [0.25, 0.3) is 0 Å². The molecule has 4 heteroatoms. The fourth-order valence-corrected chi connectivity index (χ4v) is 2.68. The number of aromatic nitrogens is 1. The summed E-state index contributed by atoms with van der Waals surface area (Å²) in [6.45, 7) is 1.18. The molecule has 0 unspecified atom stereocenters. The second kappa shape index (κ2) is 5.29. The van der Waals surface area contributed by atoms with Crippen LogP contribution in [0.3, 0.4) is 0 Å². The van der Waals surface area contributed by atoms with Crippen molar-refractivity contribution in [2.75, 3.05) is 25.6 Å². The maximum atomic E-state index is 9.12. The van der Waals surface area contributed by atoms with Crippen LogP contribution in [-0.2, 0) is 0 Å². The van der Waals surface area contributed by atoms with Gasteiger partial charge in [-0.1, -0.05) is 12.1 Å². The van der Waals surface area contributed by atoms with Crippen LogP contribution in [0.4, 0.5) is 5.69 Å². The van der Waals surface area contributed by atoms with Crippen LogP contribution in [0.2, 0.25) is 0 Å². The minimum absolute atomic E-state index is 0.270. The van der Waals surface area contributed by atoms with Crippen LogP contribution in [-0.4, -0.2) is 30.4 Å². The Kier molecular flexibility index (Phi) is 3.49. The molecular formula is C16H20N2O2. The van der Waals surface area contributed by atoms with Crippen LogP contribution in [0.25, 0.3) is 10.9 Å². The average molecular weight is 272 g/mol. The van der Waals surface area contributed by atoms with E-state index >= 15 is 0 Å². The minimum Gasteiger partial charge on any atom is -0.494 e. The summed E-state index contributed by atoms with van der Waals surface area (Å²) in [5.74, 6) is 0.794. The van der Waals surface area contributed by atoms with Crippen molar-refractivity contribution >= 4 is 16.6 Å². The zero-order valence-corrected chi connectivity index (χ0v) is 11.7. The third kappa shape index (κ3) is 2.43. The van der Waals surface area contributed by atoms with Gasteiger partial charge in [0.1, 0.15) is 11.3 Å². The first kappa shape index (κ1) is 13.2. The molecule has 0 spiro atoms. The highest BCUT2D eigenvalue weighted by atomic mass is 16.5. The summed E-state index contributed by atoms with van der Waals surface area (Å²) < 4.78 is 5.36. The SMILES string of the molecule is COc1cccc2c(NCC3(CCO)CC3)ccnc12. The first-order valence-electron chi connectivity index (χ1n) is 7.04. The van der Waals surface area contributed by atoms with E-state index in [1.54, 1.807) is 13.3 Å². The van der Waals surface area contributed by atoms with Gasteiger partial charge < -0.3 is 15.2 Å². The number of nitrogens with one attached hydrogen (secondary N) is 1. The van der Waals surface area contributed by atoms with Crippen molar-refractivity contribution in [3.8, 4) is 5.75 Å². The number of methoxy groups -OCH3 is 1. The molecule has 0 saturated heterocycles. The number of hydrogen-bond acceptors (Lipinski definition) is 4. The summed E-state index contributed by atoms with van der Waals surface area (Å²) in [5.41, 5.74) is 2.26. The molecule has 0 radical (unpaired) electrons. The normalized spacial score (nSPS) is 16.1. The lowest BCUT2D eigenvalue weighted by Crippen LogP contribution is -2.17. The number of fused-ring (bicyclic) bond motifs is 1. The second-order valence-corrected chi connectivity index (χ2v) is 5.54. The molecule has 1 fully saturated rings. The van der Waals surface area contributed by atoms with Gasteiger partial charge in [0.05, 0.1) is 7.11 Å². The number of anilines is 1. The quantitative estimate of drug-likeness (QED) is 0.849. The Bertz CT molecular complexity index is 608. The number of benzene rings is 1. The number of pyridine rings is 1. The van der Waals surface area contributed by atoms with Crippen LogP contribution in [0, 0.1) is 5.41 Å². The topological polar surface area (TPSA) is 54.4 Å². The van der Waals surface area contributed by atoms with Gasteiger partial charge in [0.2, 0.25) is 0 Å². The summed E-state index contributed by atoms with van der Waals surface area (Å²) in [6, 6.07) is 7.96. The largest absolute Gasteiger partial charge is 0.494 e. The highest BCUT2D eigenvalue weighted by molar-refractivity contribution is 5.94. The number of aliphatic hydroxyl groups excluding tert-OH is 1. The van der Waals surface area contributed by atoms with E-state index in [4.69, 9.17) is 9.84 Å². The summed E-state index contributed by atoms with van der Waals surface area (Å²) in [5, 5.41) is 13.7. The Hall–Kier alpha value is -1.81. The van der Waals surface area contributed by atoms with Gasteiger partial charge in [-0.05, 0) is 36.8 Å². The lowest BCUT2D eigenvalue weighted by atomic mass is 10.0. The summed E-state index contributed by atoms with van der Waals surface area (Å²) in [6.07, 6.45) is 5.09. The van der Waals surface area contributed by atoms with Crippen molar-refractivity contribution in [3.63, 3.8) is 0 Å². The Labute approximate surface area is 118 Å². The third-order valence-corrected chi connectivity index (χ3v) is 4.21. The first-order chi connectivity index (χ1) is 9.78. The van der Waals surface area contributed by atoms with E-state index in [1.165, 1.54) is 12.8 Å². The molecule has 1 heterocycles. The highest BCUT2D eigenvalue weighted by Crippen LogP contribution is 2.48. The maximum absolute atomic E-state index is 9.12. The Morgan fingerprint density at radius 1 is 1.35 bits per heavy atom. The maximum Gasteiger partial charge on any atom is 0.145 e. The molecule has 0 atom stereocenters. The Morgan fingerprint density at radius 3 is 2.90 bits per heavy atom. The van der Waals surface area contributed by atoms with E-state index in [9.17, 15) is 0 Å². The zero-order valence-electron chi connectivity index (χ0n) is 11.7. The summed E-state index contributed by atoms with van der Waals surface area (Å²) in [7, 11) is 1.66. The van der Waals surface area contributed by atoms with E-state index in [1.807, 2.05) is 18.2 Å². The van der Waals surface area contributed by atoms with Gasteiger partial charge in [-0.15, -0.1) is 0 Å². The van der Waals surface area contributed by atoms with Gasteiger partial charge in [-0.2, -0.15) is 0 Å². The van der Waals surface area contributed by atoms with Crippen LogP contribution >= 0.6 is 0 Å². The molecule has 4 nitrogen and oxygen atoms in total.